The van der Waals surface area contributed by atoms with Crippen molar-refractivity contribution in [3.63, 3.8) is 0 Å². The molecule has 1 aliphatic heterocycles. The minimum Gasteiger partial charge on any atom is -0.444 e. The van der Waals surface area contributed by atoms with E-state index in [2.05, 4.69) is 14.9 Å². The molecule has 1 aliphatic rings. The molecular formula is C16H26N4O2. The van der Waals surface area contributed by atoms with Crippen molar-refractivity contribution in [2.24, 2.45) is 0 Å². The molecule has 1 fully saturated rings. The van der Waals surface area contributed by atoms with Crippen LogP contribution in [0.5, 0.6) is 0 Å². The number of amides is 1. The van der Waals surface area contributed by atoms with Crippen molar-refractivity contribution in [2.75, 3.05) is 25.0 Å². The van der Waals surface area contributed by atoms with E-state index >= 15 is 0 Å². The van der Waals surface area contributed by atoms with Gasteiger partial charge in [-0.2, -0.15) is 0 Å². The van der Waals surface area contributed by atoms with Crippen LogP contribution in [0, 0.1) is 6.92 Å². The molecule has 0 aromatic carbocycles. The van der Waals surface area contributed by atoms with Gasteiger partial charge in [0, 0.05) is 32.5 Å². The van der Waals surface area contributed by atoms with E-state index in [4.69, 9.17) is 4.74 Å². The van der Waals surface area contributed by atoms with Crippen molar-refractivity contribution in [2.45, 2.75) is 52.2 Å². The molecule has 0 saturated carbocycles. The Labute approximate surface area is 132 Å². The Hall–Kier alpha value is -1.85. The van der Waals surface area contributed by atoms with Gasteiger partial charge in [-0.25, -0.2) is 9.78 Å². The summed E-state index contributed by atoms with van der Waals surface area (Å²) < 4.78 is 5.46. The SMILES string of the molecule is Cc1nccnc1N1CCC[C@H](N(C)C(=O)OC(C)(C)C)C1. The number of rotatable bonds is 2. The molecule has 1 aromatic heterocycles. The number of aryl methyl sites for hydroxylation is 1. The number of ether oxygens (including phenoxy) is 1. The van der Waals surface area contributed by atoms with Crippen LogP contribution in [0.25, 0.3) is 0 Å². The summed E-state index contributed by atoms with van der Waals surface area (Å²) in [5.41, 5.74) is 0.448. The van der Waals surface area contributed by atoms with Crippen molar-refractivity contribution in [1.82, 2.24) is 14.9 Å². The maximum atomic E-state index is 12.2. The van der Waals surface area contributed by atoms with E-state index in [1.165, 1.54) is 0 Å². The Morgan fingerprint density at radius 3 is 2.68 bits per heavy atom. The predicted octanol–water partition coefficient (Wildman–Crippen LogP) is 2.62. The summed E-state index contributed by atoms with van der Waals surface area (Å²) in [5, 5.41) is 0. The van der Waals surface area contributed by atoms with E-state index in [9.17, 15) is 4.79 Å². The van der Waals surface area contributed by atoms with Gasteiger partial charge in [-0.05, 0) is 40.5 Å². The van der Waals surface area contributed by atoms with E-state index in [0.29, 0.717) is 0 Å². The fourth-order valence-corrected chi connectivity index (χ4v) is 2.66. The van der Waals surface area contributed by atoms with E-state index < -0.39 is 5.60 Å². The highest BCUT2D eigenvalue weighted by Gasteiger charge is 2.30. The summed E-state index contributed by atoms with van der Waals surface area (Å²) in [4.78, 5) is 24.9. The second kappa shape index (κ2) is 6.50. The Bertz CT molecular complexity index is 527. The Balaban J connectivity index is 2.04. The quantitative estimate of drug-likeness (QED) is 0.840. The van der Waals surface area contributed by atoms with E-state index in [1.54, 1.807) is 17.3 Å². The predicted molar refractivity (Wildman–Crippen MR) is 86.0 cm³/mol. The number of aromatic nitrogens is 2. The largest absolute Gasteiger partial charge is 0.444 e. The molecule has 2 heterocycles. The van der Waals surface area contributed by atoms with Crippen molar-refractivity contribution in [3.05, 3.63) is 18.1 Å². The highest BCUT2D eigenvalue weighted by atomic mass is 16.6. The summed E-state index contributed by atoms with van der Waals surface area (Å²) in [6.07, 6.45) is 5.14. The third-order valence-corrected chi connectivity index (χ3v) is 3.78. The molecule has 2 rings (SSSR count). The minimum absolute atomic E-state index is 0.130. The van der Waals surface area contributed by atoms with Gasteiger partial charge in [0.15, 0.2) is 0 Å². The molecule has 1 aromatic rings. The number of likely N-dealkylation sites (N-methyl/N-ethyl adjacent to an activating group) is 1. The molecule has 1 amide bonds. The molecule has 0 N–H and O–H groups in total. The van der Waals surface area contributed by atoms with Crippen LogP contribution in [0.2, 0.25) is 0 Å². The van der Waals surface area contributed by atoms with Gasteiger partial charge < -0.3 is 14.5 Å². The van der Waals surface area contributed by atoms with Crippen molar-refractivity contribution in [1.29, 1.82) is 0 Å². The lowest BCUT2D eigenvalue weighted by Gasteiger charge is -2.38. The molecule has 0 aliphatic carbocycles. The third kappa shape index (κ3) is 4.08. The first-order valence-corrected chi connectivity index (χ1v) is 7.76. The summed E-state index contributed by atoms with van der Waals surface area (Å²) >= 11 is 0. The molecule has 6 heteroatoms. The zero-order valence-corrected chi connectivity index (χ0v) is 14.2. The molecule has 0 spiro atoms. The average Bonchev–Trinajstić information content (AvgIpc) is 2.45. The van der Waals surface area contributed by atoms with Gasteiger partial charge in [0.2, 0.25) is 0 Å². The number of hydrogen-bond acceptors (Lipinski definition) is 5. The number of piperidine rings is 1. The van der Waals surface area contributed by atoms with Crippen LogP contribution in [0.4, 0.5) is 10.6 Å². The third-order valence-electron chi connectivity index (χ3n) is 3.78. The highest BCUT2D eigenvalue weighted by Crippen LogP contribution is 2.23. The Kier molecular flexibility index (Phi) is 4.88. The number of anilines is 1. The fourth-order valence-electron chi connectivity index (χ4n) is 2.66. The standard InChI is InChI=1S/C16H26N4O2/c1-12-14(18-9-8-17-12)20-10-6-7-13(11-20)19(5)15(21)22-16(2,3)4/h8-9,13H,6-7,10-11H2,1-5H3/t13-/m0/s1. The number of hydrogen-bond donors (Lipinski definition) is 0. The van der Waals surface area contributed by atoms with E-state index in [0.717, 1.165) is 37.4 Å². The first kappa shape index (κ1) is 16.5. The molecule has 0 unspecified atom stereocenters. The Morgan fingerprint density at radius 2 is 2.05 bits per heavy atom. The summed E-state index contributed by atoms with van der Waals surface area (Å²) in [6.45, 7) is 9.31. The van der Waals surface area contributed by atoms with Crippen LogP contribution >= 0.6 is 0 Å². The molecule has 0 bridgehead atoms. The number of carbonyl (C=O) groups is 1. The summed E-state index contributed by atoms with van der Waals surface area (Å²) in [7, 11) is 1.81. The minimum atomic E-state index is -0.471. The fraction of sp³-hybridized carbons (Fsp3) is 0.688. The Morgan fingerprint density at radius 1 is 1.36 bits per heavy atom. The molecule has 22 heavy (non-hydrogen) atoms. The van der Waals surface area contributed by atoms with Crippen LogP contribution in [0.1, 0.15) is 39.3 Å². The van der Waals surface area contributed by atoms with Crippen LogP contribution in [0.15, 0.2) is 12.4 Å². The van der Waals surface area contributed by atoms with Crippen molar-refractivity contribution < 1.29 is 9.53 Å². The lowest BCUT2D eigenvalue weighted by atomic mass is 10.0. The lowest BCUT2D eigenvalue weighted by molar-refractivity contribution is 0.0209. The smallest absolute Gasteiger partial charge is 0.410 e. The van der Waals surface area contributed by atoms with Gasteiger partial charge in [-0.1, -0.05) is 0 Å². The maximum Gasteiger partial charge on any atom is 0.410 e. The van der Waals surface area contributed by atoms with E-state index in [-0.39, 0.29) is 12.1 Å². The highest BCUT2D eigenvalue weighted by molar-refractivity contribution is 5.68. The van der Waals surface area contributed by atoms with Gasteiger partial charge in [-0.15, -0.1) is 0 Å². The summed E-state index contributed by atoms with van der Waals surface area (Å²) in [5.74, 6) is 0.907. The maximum absolute atomic E-state index is 12.2. The summed E-state index contributed by atoms with van der Waals surface area (Å²) in [6, 6.07) is 0.130. The van der Waals surface area contributed by atoms with Gasteiger partial charge in [0.25, 0.3) is 0 Å². The van der Waals surface area contributed by atoms with Crippen LogP contribution in [-0.4, -0.2) is 52.7 Å². The lowest BCUT2D eigenvalue weighted by Crippen LogP contribution is -2.50. The van der Waals surface area contributed by atoms with E-state index in [1.807, 2.05) is 34.7 Å². The number of carbonyl (C=O) groups excluding carboxylic acids is 1. The van der Waals surface area contributed by atoms with Crippen LogP contribution < -0.4 is 4.90 Å². The molecule has 1 saturated heterocycles. The van der Waals surface area contributed by atoms with Gasteiger partial charge in [-0.3, -0.25) is 4.98 Å². The normalized spacial score (nSPS) is 19.0. The van der Waals surface area contributed by atoms with Crippen molar-refractivity contribution in [3.8, 4) is 0 Å². The van der Waals surface area contributed by atoms with Gasteiger partial charge in [0.1, 0.15) is 11.4 Å². The zero-order chi connectivity index (χ0) is 16.3. The zero-order valence-electron chi connectivity index (χ0n) is 14.2. The van der Waals surface area contributed by atoms with Crippen LogP contribution in [0.3, 0.4) is 0 Å². The first-order valence-electron chi connectivity index (χ1n) is 7.76. The van der Waals surface area contributed by atoms with Gasteiger partial charge in [0.05, 0.1) is 11.7 Å². The molecule has 6 nitrogen and oxygen atoms in total. The molecule has 1 atom stereocenters. The topological polar surface area (TPSA) is 58.6 Å². The van der Waals surface area contributed by atoms with Gasteiger partial charge >= 0.3 is 6.09 Å². The molecular weight excluding hydrogens is 280 g/mol. The second-order valence-electron chi connectivity index (χ2n) is 6.80. The number of nitrogens with zero attached hydrogens (tertiary/aromatic N) is 4. The van der Waals surface area contributed by atoms with Crippen molar-refractivity contribution >= 4 is 11.9 Å². The monoisotopic (exact) mass is 306 g/mol. The average molecular weight is 306 g/mol. The molecule has 122 valence electrons. The van der Waals surface area contributed by atoms with Crippen LogP contribution in [-0.2, 0) is 4.74 Å². The molecule has 0 radical (unpaired) electrons. The second-order valence-corrected chi connectivity index (χ2v) is 6.80. The first-order chi connectivity index (χ1) is 10.3.